The van der Waals surface area contributed by atoms with Gasteiger partial charge in [-0.25, -0.2) is 0 Å². The molecule has 0 saturated heterocycles. The molecule has 2 aromatic carbocycles. The first-order valence-corrected chi connectivity index (χ1v) is 12.3. The van der Waals surface area contributed by atoms with Crippen LogP contribution in [0.3, 0.4) is 0 Å². The molecule has 3 rings (SSSR count). The van der Waals surface area contributed by atoms with E-state index in [0.29, 0.717) is 25.0 Å². The van der Waals surface area contributed by atoms with Crippen LogP contribution in [0.4, 0.5) is 0 Å². The first-order chi connectivity index (χ1) is 15.2. The van der Waals surface area contributed by atoms with Crippen LogP contribution in [-0.2, 0) is 5.41 Å². The van der Waals surface area contributed by atoms with Crippen LogP contribution in [0.15, 0.2) is 42.5 Å². The second-order valence-electron chi connectivity index (χ2n) is 8.72. The van der Waals surface area contributed by atoms with E-state index in [-0.39, 0.29) is 5.41 Å². The molecule has 4 nitrogen and oxygen atoms in total. The molecule has 0 aliphatic heterocycles. The Hall–Kier alpha value is -2.37. The van der Waals surface area contributed by atoms with Crippen molar-refractivity contribution in [3.8, 4) is 5.75 Å². The summed E-state index contributed by atoms with van der Waals surface area (Å²) in [6, 6.07) is 14.3. The predicted octanol–water partition coefficient (Wildman–Crippen LogP) is 6.34. The number of amides is 1. The molecule has 3 N–H and O–H groups in total. The number of hydrogen-bond donors (Lipinski definition) is 2. The summed E-state index contributed by atoms with van der Waals surface area (Å²) in [6.07, 6.45) is 3.26. The van der Waals surface area contributed by atoms with Crippen molar-refractivity contribution in [1.29, 1.82) is 0 Å². The topological polar surface area (TPSA) is 72.6 Å². The van der Waals surface area contributed by atoms with E-state index < -0.39 is 11.5 Å². The van der Waals surface area contributed by atoms with Gasteiger partial charge in [0.25, 0.3) is 0 Å². The second-order valence-corrected chi connectivity index (χ2v) is 9.80. The fraction of sp³-hybridized carbons (Fsp3) is 0.444. The fourth-order valence-electron chi connectivity index (χ4n) is 4.34. The maximum absolute atomic E-state index is 11.6. The van der Waals surface area contributed by atoms with E-state index in [1.54, 1.807) is 17.4 Å². The molecule has 5 heteroatoms. The molecule has 0 unspecified atom stereocenters. The summed E-state index contributed by atoms with van der Waals surface area (Å²) in [5.74, 6) is 0.418. The van der Waals surface area contributed by atoms with Gasteiger partial charge in [-0.15, -0.1) is 11.3 Å². The van der Waals surface area contributed by atoms with E-state index >= 15 is 0 Å². The molecule has 0 fully saturated rings. The summed E-state index contributed by atoms with van der Waals surface area (Å²) in [5.41, 5.74) is 7.44. The number of fused-ring (bicyclic) bond motifs is 1. The van der Waals surface area contributed by atoms with Gasteiger partial charge in [0.1, 0.15) is 12.4 Å². The van der Waals surface area contributed by atoms with E-state index in [2.05, 4.69) is 39.0 Å². The number of primary amides is 1. The van der Waals surface area contributed by atoms with Gasteiger partial charge in [-0.05, 0) is 73.4 Å². The average Bonchev–Trinajstić information content (AvgIpc) is 3.23. The van der Waals surface area contributed by atoms with Crippen molar-refractivity contribution in [2.24, 2.45) is 5.73 Å². The Kier molecular flexibility index (Phi) is 7.31. The van der Waals surface area contributed by atoms with Gasteiger partial charge < -0.3 is 15.6 Å². The summed E-state index contributed by atoms with van der Waals surface area (Å²) >= 11 is 1.74. The highest BCUT2D eigenvalue weighted by atomic mass is 32.1. The smallest absolute Gasteiger partial charge is 0.248 e. The van der Waals surface area contributed by atoms with Crippen LogP contribution in [0.5, 0.6) is 5.75 Å². The summed E-state index contributed by atoms with van der Waals surface area (Å²) in [6.45, 7) is 10.8. The molecular weight excluding hydrogens is 418 g/mol. The van der Waals surface area contributed by atoms with Crippen LogP contribution in [-0.4, -0.2) is 23.2 Å². The molecule has 0 radical (unpaired) electrons. The van der Waals surface area contributed by atoms with Gasteiger partial charge in [-0.3, -0.25) is 4.79 Å². The quantitative estimate of drug-likeness (QED) is 0.376. The molecule has 32 heavy (non-hydrogen) atoms. The number of nitrogens with two attached hydrogens (primary N) is 1. The van der Waals surface area contributed by atoms with E-state index in [1.165, 1.54) is 10.4 Å². The van der Waals surface area contributed by atoms with Crippen molar-refractivity contribution < 1.29 is 14.6 Å². The average molecular weight is 454 g/mol. The van der Waals surface area contributed by atoms with Gasteiger partial charge in [0.2, 0.25) is 5.91 Å². The lowest BCUT2D eigenvalue weighted by molar-refractivity contribution is -0.0115. The van der Waals surface area contributed by atoms with E-state index in [9.17, 15) is 9.90 Å². The lowest BCUT2D eigenvalue weighted by atomic mass is 9.74. The van der Waals surface area contributed by atoms with Crippen LogP contribution in [0.25, 0.3) is 10.1 Å². The molecule has 0 aliphatic rings. The standard InChI is InChI=1S/C27H35NO3S/c1-6-26(30,7-2)17-31-22-13-12-21(14-18(22)5)27(8-3,9-4)24-16-19-10-11-20(25(28)29)15-23(19)32-24/h10-16,30H,6-9,17H2,1-5H3,(H2,28,29). The molecule has 0 atom stereocenters. The molecule has 1 heterocycles. The molecule has 0 bridgehead atoms. The molecule has 3 aromatic rings. The number of carbonyl (C=O) groups excluding carboxylic acids is 1. The zero-order chi connectivity index (χ0) is 23.5. The maximum Gasteiger partial charge on any atom is 0.248 e. The van der Waals surface area contributed by atoms with Gasteiger partial charge in [0.05, 0.1) is 5.60 Å². The van der Waals surface area contributed by atoms with Crippen molar-refractivity contribution >= 4 is 27.3 Å². The van der Waals surface area contributed by atoms with Gasteiger partial charge in [0, 0.05) is 20.6 Å². The number of carbonyl (C=O) groups is 1. The Morgan fingerprint density at radius 2 is 1.69 bits per heavy atom. The molecule has 0 aliphatic carbocycles. The second kappa shape index (κ2) is 9.63. The largest absolute Gasteiger partial charge is 0.490 e. The van der Waals surface area contributed by atoms with E-state index in [4.69, 9.17) is 10.5 Å². The monoisotopic (exact) mass is 453 g/mol. The lowest BCUT2D eigenvalue weighted by Crippen LogP contribution is -2.34. The van der Waals surface area contributed by atoms with Crippen LogP contribution in [0.1, 0.15) is 79.7 Å². The van der Waals surface area contributed by atoms with Gasteiger partial charge in [-0.2, -0.15) is 0 Å². The highest BCUT2D eigenvalue weighted by Gasteiger charge is 2.33. The van der Waals surface area contributed by atoms with Crippen LogP contribution < -0.4 is 10.5 Å². The predicted molar refractivity (Wildman–Crippen MR) is 134 cm³/mol. The summed E-state index contributed by atoms with van der Waals surface area (Å²) < 4.78 is 7.10. The molecule has 0 saturated carbocycles. The zero-order valence-corrected chi connectivity index (χ0v) is 20.6. The van der Waals surface area contributed by atoms with E-state index in [1.807, 2.05) is 32.0 Å². The van der Waals surface area contributed by atoms with Crippen molar-refractivity contribution in [2.45, 2.75) is 71.3 Å². The van der Waals surface area contributed by atoms with Crippen molar-refractivity contribution in [3.63, 3.8) is 0 Å². The SMILES string of the molecule is CCC(O)(CC)COc1ccc(C(CC)(CC)c2cc3ccc(C(N)=O)cc3s2)cc1C. The van der Waals surface area contributed by atoms with Gasteiger partial charge in [0.15, 0.2) is 0 Å². The van der Waals surface area contributed by atoms with Crippen molar-refractivity contribution in [3.05, 3.63) is 64.0 Å². The summed E-state index contributed by atoms with van der Waals surface area (Å²) in [5, 5.41) is 11.7. The van der Waals surface area contributed by atoms with Crippen LogP contribution >= 0.6 is 11.3 Å². The minimum absolute atomic E-state index is 0.118. The Bertz CT molecular complexity index is 1090. The summed E-state index contributed by atoms with van der Waals surface area (Å²) in [7, 11) is 0. The number of ether oxygens (including phenoxy) is 1. The third kappa shape index (κ3) is 4.55. The van der Waals surface area contributed by atoms with Gasteiger partial charge in [-0.1, -0.05) is 45.9 Å². The van der Waals surface area contributed by atoms with Crippen molar-refractivity contribution in [2.75, 3.05) is 6.61 Å². The fourth-order valence-corrected chi connectivity index (χ4v) is 5.80. The third-order valence-electron chi connectivity index (χ3n) is 7.02. The molecule has 1 amide bonds. The number of thiophene rings is 1. The molecule has 1 aromatic heterocycles. The van der Waals surface area contributed by atoms with Crippen LogP contribution in [0.2, 0.25) is 0 Å². The number of aryl methyl sites for hydroxylation is 1. The van der Waals surface area contributed by atoms with Gasteiger partial charge >= 0.3 is 0 Å². The third-order valence-corrected chi connectivity index (χ3v) is 8.33. The minimum atomic E-state index is -0.789. The maximum atomic E-state index is 11.6. The lowest BCUT2D eigenvalue weighted by Gasteiger charge is -2.32. The normalized spacial score (nSPS) is 12.3. The number of aliphatic hydroxyl groups is 1. The number of rotatable bonds is 10. The molecular formula is C27H35NO3S. The van der Waals surface area contributed by atoms with E-state index in [0.717, 1.165) is 34.2 Å². The Labute approximate surface area is 195 Å². The molecule has 0 spiro atoms. The van der Waals surface area contributed by atoms with Crippen molar-refractivity contribution in [1.82, 2.24) is 0 Å². The molecule has 172 valence electrons. The number of hydrogen-bond acceptors (Lipinski definition) is 4. The first-order valence-electron chi connectivity index (χ1n) is 11.5. The van der Waals surface area contributed by atoms with Crippen LogP contribution in [0, 0.1) is 6.92 Å². The Balaban J connectivity index is 1.98. The Morgan fingerprint density at radius 3 is 2.25 bits per heavy atom. The first kappa shape index (κ1) is 24.3. The summed E-state index contributed by atoms with van der Waals surface area (Å²) in [4.78, 5) is 12.9. The Morgan fingerprint density at radius 1 is 1.00 bits per heavy atom. The highest BCUT2D eigenvalue weighted by molar-refractivity contribution is 7.19. The minimum Gasteiger partial charge on any atom is -0.490 e. The highest BCUT2D eigenvalue weighted by Crippen LogP contribution is 2.45. The zero-order valence-electron chi connectivity index (χ0n) is 19.8. The number of benzene rings is 2.